The van der Waals surface area contributed by atoms with Crippen LogP contribution in [0, 0.1) is 0 Å². The second-order valence-corrected chi connectivity index (χ2v) is 6.08. The molecule has 0 spiro atoms. The summed E-state index contributed by atoms with van der Waals surface area (Å²) in [6, 6.07) is 14.2. The molecule has 0 fully saturated rings. The van der Waals surface area contributed by atoms with Gasteiger partial charge in [0.2, 0.25) is 0 Å². The van der Waals surface area contributed by atoms with Gasteiger partial charge in [0, 0.05) is 15.5 Å². The second kappa shape index (κ2) is 7.83. The van der Waals surface area contributed by atoms with Gasteiger partial charge in [-0.2, -0.15) is 0 Å². The number of hydrogen-bond donors (Lipinski definition) is 1. The predicted octanol–water partition coefficient (Wildman–Crippen LogP) is 5.00. The highest BCUT2D eigenvalue weighted by Crippen LogP contribution is 2.31. The maximum Gasteiger partial charge on any atom is 0.122 e. The molecule has 2 aromatic rings. The van der Waals surface area contributed by atoms with Crippen LogP contribution in [0.3, 0.4) is 0 Å². The third-order valence-electron chi connectivity index (χ3n) is 3.40. The zero-order chi connectivity index (χ0) is 15.2. The minimum atomic E-state index is 0.180. The molecule has 1 atom stereocenters. The standard InChI is InChI=1S/C17H19BrClNO/c1-3-20-16(14-11-13(19)8-9-15(14)18)10-12-6-4-5-7-17(12)21-2/h4-9,11,16,20H,3,10H2,1-2H3. The van der Waals surface area contributed by atoms with Crippen molar-refractivity contribution in [3.63, 3.8) is 0 Å². The molecule has 2 nitrogen and oxygen atoms in total. The van der Waals surface area contributed by atoms with E-state index in [0.29, 0.717) is 0 Å². The van der Waals surface area contributed by atoms with E-state index >= 15 is 0 Å². The molecule has 0 saturated heterocycles. The molecule has 0 bridgehead atoms. The molecule has 2 rings (SSSR count). The first kappa shape index (κ1) is 16.3. The summed E-state index contributed by atoms with van der Waals surface area (Å²) < 4.78 is 6.51. The van der Waals surface area contributed by atoms with Crippen LogP contribution in [0.25, 0.3) is 0 Å². The number of ether oxygens (including phenoxy) is 1. The summed E-state index contributed by atoms with van der Waals surface area (Å²) in [4.78, 5) is 0. The van der Waals surface area contributed by atoms with E-state index in [1.165, 1.54) is 5.56 Å². The van der Waals surface area contributed by atoms with Crippen LogP contribution in [0.5, 0.6) is 5.75 Å². The smallest absolute Gasteiger partial charge is 0.122 e. The molecule has 0 aliphatic heterocycles. The van der Waals surface area contributed by atoms with Crippen LogP contribution in [0.1, 0.15) is 24.1 Å². The van der Waals surface area contributed by atoms with Crippen LogP contribution in [0.4, 0.5) is 0 Å². The molecule has 0 aliphatic rings. The molecule has 0 aliphatic carbocycles. The van der Waals surface area contributed by atoms with Crippen molar-refractivity contribution in [1.29, 1.82) is 0 Å². The highest BCUT2D eigenvalue weighted by atomic mass is 79.9. The molecule has 0 aromatic heterocycles. The molecule has 1 N–H and O–H groups in total. The normalized spacial score (nSPS) is 12.2. The van der Waals surface area contributed by atoms with Crippen molar-refractivity contribution in [2.75, 3.05) is 13.7 Å². The first-order valence-electron chi connectivity index (χ1n) is 6.96. The summed E-state index contributed by atoms with van der Waals surface area (Å²) >= 11 is 9.77. The Morgan fingerprint density at radius 1 is 1.24 bits per heavy atom. The van der Waals surface area contributed by atoms with E-state index in [0.717, 1.165) is 33.8 Å². The first-order valence-corrected chi connectivity index (χ1v) is 8.13. The topological polar surface area (TPSA) is 21.3 Å². The Labute approximate surface area is 139 Å². The van der Waals surface area contributed by atoms with Gasteiger partial charge in [-0.1, -0.05) is 52.7 Å². The summed E-state index contributed by atoms with van der Waals surface area (Å²) in [6.45, 7) is 2.99. The number of rotatable bonds is 6. The highest BCUT2D eigenvalue weighted by Gasteiger charge is 2.16. The first-order chi connectivity index (χ1) is 10.2. The maximum absolute atomic E-state index is 6.15. The number of halogens is 2. The lowest BCUT2D eigenvalue weighted by Gasteiger charge is -2.21. The van der Waals surface area contributed by atoms with Crippen molar-refractivity contribution in [2.24, 2.45) is 0 Å². The van der Waals surface area contributed by atoms with Crippen LogP contribution in [-0.4, -0.2) is 13.7 Å². The van der Waals surface area contributed by atoms with Crippen molar-refractivity contribution in [3.05, 3.63) is 63.1 Å². The summed E-state index contributed by atoms with van der Waals surface area (Å²) in [5, 5.41) is 4.27. The van der Waals surface area contributed by atoms with Gasteiger partial charge in [-0.25, -0.2) is 0 Å². The number of nitrogens with one attached hydrogen (secondary N) is 1. The Bertz CT molecular complexity index is 603. The molecule has 0 saturated carbocycles. The lowest BCUT2D eigenvalue weighted by Crippen LogP contribution is -2.23. The molecule has 0 radical (unpaired) electrons. The maximum atomic E-state index is 6.15. The molecule has 1 unspecified atom stereocenters. The van der Waals surface area contributed by atoms with Crippen LogP contribution in [0.15, 0.2) is 46.9 Å². The van der Waals surface area contributed by atoms with Crippen LogP contribution < -0.4 is 10.1 Å². The van der Waals surface area contributed by atoms with E-state index < -0.39 is 0 Å². The Morgan fingerprint density at radius 2 is 2.00 bits per heavy atom. The zero-order valence-electron chi connectivity index (χ0n) is 12.2. The van der Waals surface area contributed by atoms with Crippen LogP contribution in [0.2, 0.25) is 5.02 Å². The Morgan fingerprint density at radius 3 is 2.71 bits per heavy atom. The molecular weight excluding hydrogens is 350 g/mol. The van der Waals surface area contributed by atoms with Gasteiger partial charge < -0.3 is 10.1 Å². The fourth-order valence-electron chi connectivity index (χ4n) is 2.41. The van der Waals surface area contributed by atoms with Crippen LogP contribution >= 0.6 is 27.5 Å². The van der Waals surface area contributed by atoms with Gasteiger partial charge in [-0.15, -0.1) is 0 Å². The van der Waals surface area contributed by atoms with Crippen molar-refractivity contribution < 1.29 is 4.74 Å². The van der Waals surface area contributed by atoms with Gasteiger partial charge >= 0.3 is 0 Å². The molecule has 4 heteroatoms. The fraction of sp³-hybridized carbons (Fsp3) is 0.294. The Balaban J connectivity index is 2.33. The van der Waals surface area contributed by atoms with Crippen molar-refractivity contribution in [1.82, 2.24) is 5.32 Å². The highest BCUT2D eigenvalue weighted by molar-refractivity contribution is 9.10. The molecule has 0 amide bonds. The minimum Gasteiger partial charge on any atom is -0.496 e. The average molecular weight is 369 g/mol. The van der Waals surface area contributed by atoms with Gasteiger partial charge in [0.15, 0.2) is 0 Å². The van der Waals surface area contributed by atoms with E-state index in [4.69, 9.17) is 16.3 Å². The number of benzene rings is 2. The summed E-state index contributed by atoms with van der Waals surface area (Å²) in [6.07, 6.45) is 0.844. The number of hydrogen-bond acceptors (Lipinski definition) is 2. The minimum absolute atomic E-state index is 0.180. The van der Waals surface area contributed by atoms with E-state index in [1.54, 1.807) is 7.11 Å². The Hall–Kier alpha value is -1.03. The van der Waals surface area contributed by atoms with Gasteiger partial charge in [-0.3, -0.25) is 0 Å². The third kappa shape index (κ3) is 4.22. The SMILES string of the molecule is CCNC(Cc1ccccc1OC)c1cc(Cl)ccc1Br. The lowest BCUT2D eigenvalue weighted by molar-refractivity contribution is 0.405. The van der Waals surface area contributed by atoms with Gasteiger partial charge in [0.1, 0.15) is 5.75 Å². The van der Waals surface area contributed by atoms with Crippen molar-refractivity contribution in [3.8, 4) is 5.75 Å². The van der Waals surface area contributed by atoms with E-state index in [1.807, 2.05) is 36.4 Å². The molecule has 112 valence electrons. The molecule has 2 aromatic carbocycles. The van der Waals surface area contributed by atoms with Crippen LogP contribution in [-0.2, 0) is 6.42 Å². The largest absolute Gasteiger partial charge is 0.496 e. The Kier molecular flexibility index (Phi) is 6.09. The quantitative estimate of drug-likeness (QED) is 0.774. The van der Waals surface area contributed by atoms with Crippen molar-refractivity contribution in [2.45, 2.75) is 19.4 Å². The summed E-state index contributed by atoms with van der Waals surface area (Å²) in [5.74, 6) is 0.915. The predicted molar refractivity (Wildman–Crippen MR) is 92.3 cm³/mol. The van der Waals surface area contributed by atoms with E-state index in [2.05, 4.69) is 34.2 Å². The summed E-state index contributed by atoms with van der Waals surface area (Å²) in [7, 11) is 1.70. The zero-order valence-corrected chi connectivity index (χ0v) is 14.5. The third-order valence-corrected chi connectivity index (χ3v) is 4.36. The van der Waals surface area contributed by atoms with Gasteiger partial charge in [0.05, 0.1) is 7.11 Å². The van der Waals surface area contributed by atoms with E-state index in [9.17, 15) is 0 Å². The van der Waals surface area contributed by atoms with Gasteiger partial charge in [0.25, 0.3) is 0 Å². The monoisotopic (exact) mass is 367 g/mol. The number of likely N-dealkylation sites (N-methyl/N-ethyl adjacent to an activating group) is 1. The van der Waals surface area contributed by atoms with Gasteiger partial charge in [-0.05, 0) is 48.4 Å². The van der Waals surface area contributed by atoms with Crippen molar-refractivity contribution >= 4 is 27.5 Å². The summed E-state index contributed by atoms with van der Waals surface area (Å²) in [5.41, 5.74) is 2.34. The number of para-hydroxylation sites is 1. The molecular formula is C17H19BrClNO. The fourth-order valence-corrected chi connectivity index (χ4v) is 3.12. The second-order valence-electron chi connectivity index (χ2n) is 4.79. The lowest BCUT2D eigenvalue weighted by atomic mass is 9.98. The average Bonchev–Trinajstić information content (AvgIpc) is 2.50. The molecule has 21 heavy (non-hydrogen) atoms. The number of methoxy groups -OCH3 is 1. The van der Waals surface area contributed by atoms with E-state index in [-0.39, 0.29) is 6.04 Å². The molecule has 0 heterocycles.